The van der Waals surface area contributed by atoms with Crippen LogP contribution in [0.2, 0.25) is 0 Å². The Morgan fingerprint density at radius 3 is 1.84 bits per heavy atom. The SMILES string of the molecule is CC(C)(C)c1ccc(Oc2ccc(C3(N4CCN(c5ncccn5)CC4)C(=O)NC(=O)NC3=O)cc2)cc1. The van der Waals surface area contributed by atoms with Gasteiger partial charge >= 0.3 is 6.03 Å². The van der Waals surface area contributed by atoms with Crippen LogP contribution in [0.1, 0.15) is 31.9 Å². The summed E-state index contributed by atoms with van der Waals surface area (Å²) in [7, 11) is 0. The molecule has 0 saturated carbocycles. The van der Waals surface area contributed by atoms with Gasteiger partial charge in [-0.2, -0.15) is 0 Å². The molecule has 0 radical (unpaired) electrons. The Kier molecular flexibility index (Phi) is 6.58. The fourth-order valence-electron chi connectivity index (χ4n) is 4.87. The molecule has 3 aromatic rings. The van der Waals surface area contributed by atoms with Crippen molar-refractivity contribution < 1.29 is 19.1 Å². The number of aromatic nitrogens is 2. The highest BCUT2D eigenvalue weighted by Crippen LogP contribution is 2.35. The Hall–Kier alpha value is -4.31. The predicted octanol–water partition coefficient (Wildman–Crippen LogP) is 2.95. The molecule has 2 aromatic carbocycles. The Labute approximate surface area is 221 Å². The zero-order valence-corrected chi connectivity index (χ0v) is 21.6. The molecule has 0 atom stereocenters. The van der Waals surface area contributed by atoms with Gasteiger partial charge in [-0.05, 0) is 46.9 Å². The maximum atomic E-state index is 13.4. The number of nitrogens with zero attached hydrogens (tertiary/aromatic N) is 4. The Bertz CT molecular complexity index is 1310. The Balaban J connectivity index is 1.40. The molecule has 3 heterocycles. The van der Waals surface area contributed by atoms with Gasteiger partial charge in [0.2, 0.25) is 11.5 Å². The van der Waals surface area contributed by atoms with Crippen molar-refractivity contribution in [3.8, 4) is 11.5 Å². The second-order valence-corrected chi connectivity index (χ2v) is 10.4. The van der Waals surface area contributed by atoms with E-state index in [-0.39, 0.29) is 5.41 Å². The van der Waals surface area contributed by atoms with E-state index < -0.39 is 23.4 Å². The molecule has 2 N–H and O–H groups in total. The van der Waals surface area contributed by atoms with E-state index in [2.05, 4.69) is 41.4 Å². The lowest BCUT2D eigenvalue weighted by atomic mass is 9.84. The number of hydrogen-bond acceptors (Lipinski definition) is 8. The van der Waals surface area contributed by atoms with Gasteiger partial charge in [0.25, 0.3) is 11.8 Å². The van der Waals surface area contributed by atoms with Crippen LogP contribution >= 0.6 is 0 Å². The zero-order valence-electron chi connectivity index (χ0n) is 21.6. The van der Waals surface area contributed by atoms with Crippen molar-refractivity contribution in [2.24, 2.45) is 0 Å². The molecule has 2 fully saturated rings. The lowest BCUT2D eigenvalue weighted by Crippen LogP contribution is -2.73. The number of rotatable bonds is 5. The third-order valence-electron chi connectivity index (χ3n) is 6.93. The first-order valence-electron chi connectivity index (χ1n) is 12.5. The van der Waals surface area contributed by atoms with Crippen molar-refractivity contribution >= 4 is 23.8 Å². The van der Waals surface area contributed by atoms with E-state index >= 15 is 0 Å². The molecule has 10 nitrogen and oxygen atoms in total. The lowest BCUT2D eigenvalue weighted by Gasteiger charge is -2.46. The molecule has 0 spiro atoms. The van der Waals surface area contributed by atoms with Crippen molar-refractivity contribution in [3.05, 3.63) is 78.1 Å². The van der Waals surface area contributed by atoms with Crippen LogP contribution < -0.4 is 20.3 Å². The summed E-state index contributed by atoms with van der Waals surface area (Å²) in [6, 6.07) is 15.7. The summed E-state index contributed by atoms with van der Waals surface area (Å²) in [6.45, 7) is 8.23. The summed E-state index contributed by atoms with van der Waals surface area (Å²) >= 11 is 0. The standard InChI is InChI=1S/C28H30N6O4/c1-27(2,3)19-5-9-21(10-6-19)38-22-11-7-20(8-12-22)28(23(35)31-26(37)32-24(28)36)34-17-15-33(16-18-34)25-29-13-4-14-30-25/h4-14H,15-18H2,1-3H3,(H2,31,32,35,36,37). The van der Waals surface area contributed by atoms with Crippen LogP contribution in [0.15, 0.2) is 67.0 Å². The molecule has 2 aliphatic rings. The van der Waals surface area contributed by atoms with Crippen LogP contribution in [0.25, 0.3) is 0 Å². The topological polar surface area (TPSA) is 117 Å². The summed E-state index contributed by atoms with van der Waals surface area (Å²) < 4.78 is 6.01. The van der Waals surface area contributed by atoms with E-state index in [9.17, 15) is 14.4 Å². The minimum Gasteiger partial charge on any atom is -0.457 e. The number of urea groups is 1. The number of carbonyl (C=O) groups is 3. The Morgan fingerprint density at radius 2 is 1.32 bits per heavy atom. The van der Waals surface area contributed by atoms with E-state index in [1.165, 1.54) is 5.56 Å². The van der Waals surface area contributed by atoms with E-state index in [0.29, 0.717) is 49.2 Å². The highest BCUT2D eigenvalue weighted by atomic mass is 16.5. The van der Waals surface area contributed by atoms with Crippen LogP contribution in [-0.2, 0) is 20.5 Å². The highest BCUT2D eigenvalue weighted by molar-refractivity contribution is 6.22. The third kappa shape index (κ3) is 4.70. The number of amides is 4. The van der Waals surface area contributed by atoms with Gasteiger partial charge in [0.15, 0.2) is 0 Å². The molecule has 4 amide bonds. The number of anilines is 1. The molecule has 5 rings (SSSR count). The smallest absolute Gasteiger partial charge is 0.328 e. The summed E-state index contributed by atoms with van der Waals surface area (Å²) in [5, 5.41) is 4.58. The number of barbiturate groups is 1. The second-order valence-electron chi connectivity index (χ2n) is 10.4. The van der Waals surface area contributed by atoms with Gasteiger partial charge in [0, 0.05) is 38.6 Å². The predicted molar refractivity (Wildman–Crippen MR) is 141 cm³/mol. The van der Waals surface area contributed by atoms with Gasteiger partial charge in [0.1, 0.15) is 11.5 Å². The first kappa shape index (κ1) is 25.3. The molecule has 2 aliphatic heterocycles. The third-order valence-corrected chi connectivity index (χ3v) is 6.93. The first-order valence-corrected chi connectivity index (χ1v) is 12.5. The van der Waals surface area contributed by atoms with Crippen LogP contribution in [0.3, 0.4) is 0 Å². The van der Waals surface area contributed by atoms with Gasteiger partial charge < -0.3 is 9.64 Å². The van der Waals surface area contributed by atoms with Crippen LogP contribution in [0.4, 0.5) is 10.7 Å². The number of piperazine rings is 1. The Morgan fingerprint density at radius 1 is 0.789 bits per heavy atom. The van der Waals surface area contributed by atoms with Crippen LogP contribution in [0.5, 0.6) is 11.5 Å². The van der Waals surface area contributed by atoms with Crippen molar-refractivity contribution in [2.45, 2.75) is 31.7 Å². The van der Waals surface area contributed by atoms with E-state index in [1.807, 2.05) is 29.2 Å². The van der Waals surface area contributed by atoms with Gasteiger partial charge in [-0.1, -0.05) is 45.0 Å². The number of nitrogens with one attached hydrogen (secondary N) is 2. The molecule has 0 aliphatic carbocycles. The van der Waals surface area contributed by atoms with Crippen molar-refractivity contribution in [1.82, 2.24) is 25.5 Å². The summed E-state index contributed by atoms with van der Waals surface area (Å²) in [4.78, 5) is 51.1. The van der Waals surface area contributed by atoms with Crippen LogP contribution in [0, 0.1) is 0 Å². The molecule has 196 valence electrons. The quantitative estimate of drug-likeness (QED) is 0.499. The highest BCUT2D eigenvalue weighted by Gasteiger charge is 2.56. The average Bonchev–Trinajstić information content (AvgIpc) is 2.90. The van der Waals surface area contributed by atoms with E-state index in [1.54, 1.807) is 47.6 Å². The summed E-state index contributed by atoms with van der Waals surface area (Å²) in [5.41, 5.74) is -0.0223. The maximum Gasteiger partial charge on any atom is 0.328 e. The lowest BCUT2D eigenvalue weighted by molar-refractivity contribution is -0.149. The molecule has 0 bridgehead atoms. The number of carbonyl (C=O) groups excluding carboxylic acids is 3. The molecule has 1 aromatic heterocycles. The van der Waals surface area contributed by atoms with Crippen molar-refractivity contribution in [1.29, 1.82) is 0 Å². The number of benzene rings is 2. The van der Waals surface area contributed by atoms with Gasteiger partial charge in [-0.15, -0.1) is 0 Å². The number of hydrogen-bond donors (Lipinski definition) is 2. The monoisotopic (exact) mass is 514 g/mol. The molecule has 2 saturated heterocycles. The van der Waals surface area contributed by atoms with Gasteiger partial charge in [0.05, 0.1) is 0 Å². The van der Waals surface area contributed by atoms with Crippen molar-refractivity contribution in [3.63, 3.8) is 0 Å². The van der Waals surface area contributed by atoms with E-state index in [4.69, 9.17) is 4.74 Å². The summed E-state index contributed by atoms with van der Waals surface area (Å²) in [5.74, 6) is 0.472. The molecular weight excluding hydrogens is 484 g/mol. The normalized spacial score (nSPS) is 18.1. The minimum absolute atomic E-state index is 0.0383. The molecule has 10 heteroatoms. The van der Waals surface area contributed by atoms with Gasteiger partial charge in [-0.3, -0.25) is 25.1 Å². The van der Waals surface area contributed by atoms with Gasteiger partial charge in [-0.25, -0.2) is 14.8 Å². The fourth-order valence-corrected chi connectivity index (χ4v) is 4.87. The first-order chi connectivity index (χ1) is 18.2. The number of ether oxygens (including phenoxy) is 1. The largest absolute Gasteiger partial charge is 0.457 e. The molecule has 38 heavy (non-hydrogen) atoms. The second kappa shape index (κ2) is 9.86. The zero-order chi connectivity index (χ0) is 26.9. The fraction of sp³-hybridized carbons (Fsp3) is 0.321. The maximum absolute atomic E-state index is 13.4. The minimum atomic E-state index is -1.70. The molecular formula is C28H30N6O4. The van der Waals surface area contributed by atoms with Crippen molar-refractivity contribution in [2.75, 3.05) is 31.1 Å². The average molecular weight is 515 g/mol. The van der Waals surface area contributed by atoms with Crippen LogP contribution in [-0.4, -0.2) is 58.9 Å². The molecule has 0 unspecified atom stereocenters. The number of imide groups is 2. The summed E-state index contributed by atoms with van der Waals surface area (Å²) in [6.07, 6.45) is 3.35. The van der Waals surface area contributed by atoms with E-state index in [0.717, 1.165) is 0 Å².